The largest absolute Gasteiger partial charge is 0.294 e. The lowest BCUT2D eigenvalue weighted by Crippen LogP contribution is -2.23. The van der Waals surface area contributed by atoms with Crippen LogP contribution >= 0.6 is 0 Å². The van der Waals surface area contributed by atoms with Crippen molar-refractivity contribution in [3.63, 3.8) is 0 Å². The predicted molar refractivity (Wildman–Crippen MR) is 92.0 cm³/mol. The molecule has 0 aliphatic rings. The highest BCUT2D eigenvalue weighted by molar-refractivity contribution is 5.98. The molecule has 0 aliphatic carbocycles. The zero-order chi connectivity index (χ0) is 16.3. The van der Waals surface area contributed by atoms with Crippen molar-refractivity contribution in [2.24, 2.45) is 0 Å². The molecular formula is C20H31O. The third kappa shape index (κ3) is 3.96. The molecule has 0 unspecified atom stereocenters. The summed E-state index contributed by atoms with van der Waals surface area (Å²) in [6, 6.07) is 6.44. The van der Waals surface area contributed by atoms with E-state index < -0.39 is 0 Å². The van der Waals surface area contributed by atoms with E-state index in [0.29, 0.717) is 12.8 Å². The van der Waals surface area contributed by atoms with Crippen molar-refractivity contribution in [1.29, 1.82) is 0 Å². The van der Waals surface area contributed by atoms with Crippen molar-refractivity contribution in [1.82, 2.24) is 0 Å². The molecule has 117 valence electrons. The molecule has 1 heteroatoms. The third-order valence-corrected chi connectivity index (χ3v) is 5.00. The van der Waals surface area contributed by atoms with Crippen LogP contribution in [-0.4, -0.2) is 5.78 Å². The van der Waals surface area contributed by atoms with Crippen molar-refractivity contribution in [3.05, 3.63) is 41.8 Å². The van der Waals surface area contributed by atoms with Gasteiger partial charge in [0.2, 0.25) is 0 Å². The van der Waals surface area contributed by atoms with Crippen LogP contribution in [0.3, 0.4) is 0 Å². The quantitative estimate of drug-likeness (QED) is 0.574. The molecule has 0 saturated carbocycles. The van der Waals surface area contributed by atoms with Gasteiger partial charge in [-0.2, -0.15) is 0 Å². The number of ketones is 1. The molecule has 0 atom stereocenters. The Kier molecular flexibility index (Phi) is 5.78. The summed E-state index contributed by atoms with van der Waals surface area (Å²) in [7, 11) is 0. The SMILES string of the molecule is [CH2]CCC(=O)c1ccc(C(C)(C)CC)cc1C(C)(C)CC. The Morgan fingerprint density at radius 3 is 2.10 bits per heavy atom. The average molecular weight is 287 g/mol. The fourth-order valence-electron chi connectivity index (χ4n) is 2.46. The van der Waals surface area contributed by atoms with E-state index in [4.69, 9.17) is 0 Å². The molecule has 0 spiro atoms. The van der Waals surface area contributed by atoms with Crippen LogP contribution in [0.5, 0.6) is 0 Å². The van der Waals surface area contributed by atoms with E-state index in [0.717, 1.165) is 18.4 Å². The molecule has 0 fully saturated rings. The van der Waals surface area contributed by atoms with Gasteiger partial charge in [0.15, 0.2) is 5.78 Å². The van der Waals surface area contributed by atoms with Crippen LogP contribution in [-0.2, 0) is 10.8 Å². The van der Waals surface area contributed by atoms with Gasteiger partial charge in [-0.1, -0.05) is 66.7 Å². The summed E-state index contributed by atoms with van der Waals surface area (Å²) in [5, 5.41) is 0. The third-order valence-electron chi connectivity index (χ3n) is 5.00. The molecule has 0 bridgehead atoms. The van der Waals surface area contributed by atoms with Crippen LogP contribution in [0.25, 0.3) is 0 Å². The maximum absolute atomic E-state index is 12.4. The number of hydrogen-bond acceptors (Lipinski definition) is 1. The minimum Gasteiger partial charge on any atom is -0.294 e. The second-order valence-electron chi connectivity index (χ2n) is 7.26. The second-order valence-corrected chi connectivity index (χ2v) is 7.26. The minimum absolute atomic E-state index is 0.0198. The van der Waals surface area contributed by atoms with Crippen LogP contribution < -0.4 is 0 Å². The summed E-state index contributed by atoms with van der Waals surface area (Å²) in [4.78, 5) is 12.4. The van der Waals surface area contributed by atoms with Gasteiger partial charge >= 0.3 is 0 Å². The monoisotopic (exact) mass is 287 g/mol. The van der Waals surface area contributed by atoms with Crippen LogP contribution in [0.1, 0.15) is 88.7 Å². The van der Waals surface area contributed by atoms with E-state index in [9.17, 15) is 4.79 Å². The molecule has 0 saturated heterocycles. The van der Waals surface area contributed by atoms with Gasteiger partial charge in [0.1, 0.15) is 0 Å². The Labute approximate surface area is 131 Å². The van der Waals surface area contributed by atoms with Crippen molar-refractivity contribution >= 4 is 5.78 Å². The highest BCUT2D eigenvalue weighted by Gasteiger charge is 2.27. The molecule has 1 aromatic rings. The van der Waals surface area contributed by atoms with E-state index in [2.05, 4.69) is 60.6 Å². The highest BCUT2D eigenvalue weighted by Crippen LogP contribution is 2.35. The maximum Gasteiger partial charge on any atom is 0.163 e. The van der Waals surface area contributed by atoms with Crippen LogP contribution in [0.4, 0.5) is 0 Å². The van der Waals surface area contributed by atoms with Gasteiger partial charge in [-0.15, -0.1) is 0 Å². The normalized spacial score (nSPS) is 12.5. The predicted octanol–water partition coefficient (Wildman–Crippen LogP) is 5.86. The van der Waals surface area contributed by atoms with Gasteiger partial charge in [0.25, 0.3) is 0 Å². The molecule has 1 aromatic carbocycles. The first-order valence-corrected chi connectivity index (χ1v) is 8.17. The van der Waals surface area contributed by atoms with Crippen LogP contribution in [0, 0.1) is 6.92 Å². The molecule has 0 N–H and O–H groups in total. The van der Waals surface area contributed by atoms with E-state index in [1.165, 1.54) is 11.1 Å². The lowest BCUT2D eigenvalue weighted by Gasteiger charge is -2.30. The number of carbonyl (C=O) groups is 1. The lowest BCUT2D eigenvalue weighted by molar-refractivity contribution is 0.0981. The summed E-state index contributed by atoms with van der Waals surface area (Å²) in [5.41, 5.74) is 3.58. The van der Waals surface area contributed by atoms with E-state index >= 15 is 0 Å². The van der Waals surface area contributed by atoms with Crippen LogP contribution in [0.15, 0.2) is 18.2 Å². The van der Waals surface area contributed by atoms with Crippen molar-refractivity contribution < 1.29 is 4.79 Å². The Morgan fingerprint density at radius 1 is 1.05 bits per heavy atom. The van der Waals surface area contributed by atoms with Gasteiger partial charge in [0, 0.05) is 12.0 Å². The van der Waals surface area contributed by atoms with E-state index in [1.807, 2.05) is 6.07 Å². The van der Waals surface area contributed by atoms with Gasteiger partial charge in [0.05, 0.1) is 0 Å². The first-order chi connectivity index (χ1) is 9.69. The number of carbonyl (C=O) groups excluding carboxylic acids is 1. The smallest absolute Gasteiger partial charge is 0.163 e. The Bertz CT molecular complexity index is 495. The molecule has 0 aromatic heterocycles. The van der Waals surface area contributed by atoms with Gasteiger partial charge < -0.3 is 0 Å². The fraction of sp³-hybridized carbons (Fsp3) is 0.600. The zero-order valence-corrected chi connectivity index (χ0v) is 14.7. The minimum atomic E-state index is 0.0198. The molecular weight excluding hydrogens is 256 g/mol. The van der Waals surface area contributed by atoms with Crippen molar-refractivity contribution in [3.8, 4) is 0 Å². The molecule has 1 radical (unpaired) electrons. The Balaban J connectivity index is 3.44. The lowest BCUT2D eigenvalue weighted by atomic mass is 9.74. The van der Waals surface area contributed by atoms with Crippen molar-refractivity contribution in [2.75, 3.05) is 0 Å². The summed E-state index contributed by atoms with van der Waals surface area (Å²) >= 11 is 0. The molecule has 1 rings (SSSR count). The number of hydrogen-bond donors (Lipinski definition) is 0. The average Bonchev–Trinajstić information content (AvgIpc) is 2.46. The summed E-state index contributed by atoms with van der Waals surface area (Å²) in [5.74, 6) is 0.224. The molecule has 21 heavy (non-hydrogen) atoms. The standard InChI is InChI=1S/C20H31O/c1-8-11-18(21)16-13-12-15(19(4,5)9-2)14-17(16)20(6,7)10-3/h12-14H,1,8-11H2,2-7H3. The number of benzene rings is 1. The molecule has 1 nitrogen and oxygen atoms in total. The highest BCUT2D eigenvalue weighted by atomic mass is 16.1. The van der Waals surface area contributed by atoms with Crippen molar-refractivity contribution in [2.45, 2.75) is 78.1 Å². The Hall–Kier alpha value is -1.11. The number of Topliss-reactive ketones (excluding diaryl/α,β-unsaturated/α-hetero) is 1. The van der Waals surface area contributed by atoms with Gasteiger partial charge in [-0.3, -0.25) is 4.79 Å². The first kappa shape index (κ1) is 17.9. The second kappa shape index (κ2) is 6.77. The van der Waals surface area contributed by atoms with Gasteiger partial charge in [-0.25, -0.2) is 0 Å². The summed E-state index contributed by atoms with van der Waals surface area (Å²) in [6.45, 7) is 17.2. The van der Waals surface area contributed by atoms with E-state index in [1.54, 1.807) is 0 Å². The van der Waals surface area contributed by atoms with Crippen LogP contribution in [0.2, 0.25) is 0 Å². The molecule has 0 amide bonds. The van der Waals surface area contributed by atoms with Gasteiger partial charge in [-0.05, 0) is 41.2 Å². The van der Waals surface area contributed by atoms with E-state index in [-0.39, 0.29) is 16.6 Å². The molecule has 0 heterocycles. The summed E-state index contributed by atoms with van der Waals surface area (Å²) < 4.78 is 0. The zero-order valence-electron chi connectivity index (χ0n) is 14.7. The summed E-state index contributed by atoms with van der Waals surface area (Å²) in [6.07, 6.45) is 3.30. The Morgan fingerprint density at radius 2 is 1.62 bits per heavy atom. The first-order valence-electron chi connectivity index (χ1n) is 8.17. The number of rotatable bonds is 7. The maximum atomic E-state index is 12.4. The molecule has 0 aliphatic heterocycles. The fourth-order valence-corrected chi connectivity index (χ4v) is 2.46. The topological polar surface area (TPSA) is 17.1 Å².